The molecule has 2 nitrogen and oxygen atoms in total. The Labute approximate surface area is 131 Å². The van der Waals surface area contributed by atoms with E-state index >= 15 is 0 Å². The first-order valence-electron chi connectivity index (χ1n) is 9.45. The van der Waals surface area contributed by atoms with Crippen molar-refractivity contribution in [3.8, 4) is 0 Å². The standard InChI is InChI=1S/C19H36O2/c1-2-3-4-10-13-17-16-18(17)14-11-8-6-5-7-9-12-15-19(20)21/h17-18H,2-16H2,1H3,(H,20,21)/t17-,18-/m0/s1. The Hall–Kier alpha value is -0.530. The molecule has 1 rings (SSSR count). The topological polar surface area (TPSA) is 37.3 Å². The molecule has 0 aromatic rings. The Bertz CT molecular complexity index is 262. The summed E-state index contributed by atoms with van der Waals surface area (Å²) in [6, 6.07) is 0. The highest BCUT2D eigenvalue weighted by Gasteiger charge is 2.34. The predicted octanol–water partition coefficient (Wildman–Crippen LogP) is 6.19. The van der Waals surface area contributed by atoms with Crippen molar-refractivity contribution in [2.45, 2.75) is 103 Å². The number of carbonyl (C=O) groups is 1. The van der Waals surface area contributed by atoms with Crippen molar-refractivity contribution in [1.82, 2.24) is 0 Å². The monoisotopic (exact) mass is 296 g/mol. The molecule has 0 heterocycles. The highest BCUT2D eigenvalue weighted by molar-refractivity contribution is 5.66. The summed E-state index contributed by atoms with van der Waals surface area (Å²) in [5.41, 5.74) is 0. The number of rotatable bonds is 15. The highest BCUT2D eigenvalue weighted by atomic mass is 16.4. The largest absolute Gasteiger partial charge is 0.481 e. The summed E-state index contributed by atoms with van der Waals surface area (Å²) >= 11 is 0. The number of unbranched alkanes of at least 4 members (excludes halogenated alkanes) is 9. The average molecular weight is 296 g/mol. The van der Waals surface area contributed by atoms with Crippen LogP contribution in [0.1, 0.15) is 103 Å². The minimum absolute atomic E-state index is 0.349. The van der Waals surface area contributed by atoms with Crippen molar-refractivity contribution in [2.24, 2.45) is 11.8 Å². The number of hydrogen-bond acceptors (Lipinski definition) is 1. The SMILES string of the molecule is CCCCCC[C@H]1C[C@@H]1CCCCCCCCCC(=O)O. The zero-order valence-corrected chi connectivity index (χ0v) is 14.1. The molecule has 21 heavy (non-hydrogen) atoms. The summed E-state index contributed by atoms with van der Waals surface area (Å²) in [5.74, 6) is 1.50. The Morgan fingerprint density at radius 3 is 1.81 bits per heavy atom. The smallest absolute Gasteiger partial charge is 0.303 e. The van der Waals surface area contributed by atoms with Gasteiger partial charge >= 0.3 is 5.97 Å². The minimum atomic E-state index is -0.649. The molecule has 0 saturated heterocycles. The van der Waals surface area contributed by atoms with Gasteiger partial charge in [-0.1, -0.05) is 84.0 Å². The van der Waals surface area contributed by atoms with Gasteiger partial charge in [0.1, 0.15) is 0 Å². The predicted molar refractivity (Wildman–Crippen MR) is 89.5 cm³/mol. The quantitative estimate of drug-likeness (QED) is 0.366. The molecule has 2 atom stereocenters. The second kappa shape index (κ2) is 12.1. The van der Waals surface area contributed by atoms with E-state index in [1.165, 1.54) is 77.0 Å². The number of carboxylic acid groups (broad SMARTS) is 1. The molecule has 2 heteroatoms. The molecule has 1 N–H and O–H groups in total. The van der Waals surface area contributed by atoms with Gasteiger partial charge in [0.2, 0.25) is 0 Å². The molecular formula is C19H36O2. The fourth-order valence-corrected chi connectivity index (χ4v) is 3.42. The molecule has 1 fully saturated rings. The van der Waals surface area contributed by atoms with E-state index in [1.807, 2.05) is 0 Å². The number of carboxylic acids is 1. The van der Waals surface area contributed by atoms with Crippen LogP contribution in [0.5, 0.6) is 0 Å². The first-order chi connectivity index (χ1) is 10.2. The molecule has 0 unspecified atom stereocenters. The van der Waals surface area contributed by atoms with Gasteiger partial charge in [-0.05, 0) is 24.7 Å². The van der Waals surface area contributed by atoms with Crippen molar-refractivity contribution < 1.29 is 9.90 Å². The molecule has 1 aliphatic rings. The summed E-state index contributed by atoms with van der Waals surface area (Å²) < 4.78 is 0. The van der Waals surface area contributed by atoms with Gasteiger partial charge in [-0.3, -0.25) is 4.79 Å². The molecule has 0 aliphatic heterocycles. The third-order valence-corrected chi connectivity index (χ3v) is 4.96. The lowest BCUT2D eigenvalue weighted by Crippen LogP contribution is -1.93. The van der Waals surface area contributed by atoms with E-state index in [0.717, 1.165) is 24.7 Å². The maximum Gasteiger partial charge on any atom is 0.303 e. The van der Waals surface area contributed by atoms with Crippen molar-refractivity contribution in [3.63, 3.8) is 0 Å². The normalized spacial score (nSPS) is 20.6. The third-order valence-electron chi connectivity index (χ3n) is 4.96. The van der Waals surface area contributed by atoms with Gasteiger partial charge in [0.25, 0.3) is 0 Å². The summed E-state index contributed by atoms with van der Waals surface area (Å²) in [6.45, 7) is 2.28. The highest BCUT2D eigenvalue weighted by Crippen LogP contribution is 2.45. The molecule has 1 saturated carbocycles. The average Bonchev–Trinajstić information content (AvgIpc) is 3.20. The Kier molecular flexibility index (Phi) is 10.6. The summed E-state index contributed by atoms with van der Waals surface area (Å²) in [4.78, 5) is 10.4. The zero-order valence-electron chi connectivity index (χ0n) is 14.1. The van der Waals surface area contributed by atoms with Crippen molar-refractivity contribution >= 4 is 5.97 Å². The van der Waals surface area contributed by atoms with E-state index in [1.54, 1.807) is 0 Å². The van der Waals surface area contributed by atoms with Crippen LogP contribution in [-0.2, 0) is 4.79 Å². The Balaban J connectivity index is 1.75. The van der Waals surface area contributed by atoms with Crippen molar-refractivity contribution in [2.75, 3.05) is 0 Å². The first-order valence-corrected chi connectivity index (χ1v) is 9.45. The summed E-state index contributed by atoms with van der Waals surface area (Å²) in [6.07, 6.45) is 19.1. The van der Waals surface area contributed by atoms with Crippen LogP contribution in [0.25, 0.3) is 0 Å². The summed E-state index contributed by atoms with van der Waals surface area (Å²) in [7, 11) is 0. The van der Waals surface area contributed by atoms with E-state index in [2.05, 4.69) is 6.92 Å². The Morgan fingerprint density at radius 2 is 1.29 bits per heavy atom. The number of aliphatic carboxylic acids is 1. The van der Waals surface area contributed by atoms with Crippen molar-refractivity contribution in [3.05, 3.63) is 0 Å². The zero-order chi connectivity index (χ0) is 15.3. The lowest BCUT2D eigenvalue weighted by molar-refractivity contribution is -0.137. The van der Waals surface area contributed by atoms with E-state index in [4.69, 9.17) is 5.11 Å². The second-order valence-electron chi connectivity index (χ2n) is 7.01. The van der Waals surface area contributed by atoms with Gasteiger partial charge in [0.15, 0.2) is 0 Å². The second-order valence-corrected chi connectivity index (χ2v) is 7.01. The lowest BCUT2D eigenvalue weighted by atomic mass is 10.0. The van der Waals surface area contributed by atoms with Crippen molar-refractivity contribution in [1.29, 1.82) is 0 Å². The van der Waals surface area contributed by atoms with Crippen LogP contribution in [-0.4, -0.2) is 11.1 Å². The molecule has 0 amide bonds. The maximum absolute atomic E-state index is 10.4. The molecule has 0 spiro atoms. The van der Waals surface area contributed by atoms with Gasteiger partial charge in [-0.2, -0.15) is 0 Å². The molecule has 0 bridgehead atoms. The molecule has 0 aromatic heterocycles. The molecular weight excluding hydrogens is 260 g/mol. The minimum Gasteiger partial charge on any atom is -0.481 e. The van der Waals surface area contributed by atoms with E-state index in [-0.39, 0.29) is 0 Å². The number of hydrogen-bond donors (Lipinski definition) is 1. The van der Waals surface area contributed by atoms with E-state index in [9.17, 15) is 4.79 Å². The van der Waals surface area contributed by atoms with Gasteiger partial charge in [0.05, 0.1) is 0 Å². The third kappa shape index (κ3) is 10.8. The van der Waals surface area contributed by atoms with Crippen LogP contribution in [0.2, 0.25) is 0 Å². The van der Waals surface area contributed by atoms with Gasteiger partial charge in [-0.15, -0.1) is 0 Å². The lowest BCUT2D eigenvalue weighted by Gasteiger charge is -2.02. The molecule has 0 aromatic carbocycles. The fourth-order valence-electron chi connectivity index (χ4n) is 3.42. The van der Waals surface area contributed by atoms with Gasteiger partial charge < -0.3 is 5.11 Å². The van der Waals surface area contributed by atoms with Crippen LogP contribution in [0.3, 0.4) is 0 Å². The molecule has 124 valence electrons. The Morgan fingerprint density at radius 1 is 0.810 bits per heavy atom. The fraction of sp³-hybridized carbons (Fsp3) is 0.947. The molecule has 1 aliphatic carbocycles. The van der Waals surface area contributed by atoms with Crippen LogP contribution in [0.15, 0.2) is 0 Å². The van der Waals surface area contributed by atoms with E-state index in [0.29, 0.717) is 6.42 Å². The van der Waals surface area contributed by atoms with Crippen LogP contribution >= 0.6 is 0 Å². The maximum atomic E-state index is 10.4. The van der Waals surface area contributed by atoms with Gasteiger partial charge in [-0.25, -0.2) is 0 Å². The van der Waals surface area contributed by atoms with Crippen LogP contribution in [0.4, 0.5) is 0 Å². The van der Waals surface area contributed by atoms with E-state index < -0.39 is 5.97 Å². The first kappa shape index (κ1) is 18.5. The molecule has 0 radical (unpaired) electrons. The van der Waals surface area contributed by atoms with Crippen LogP contribution in [0, 0.1) is 11.8 Å². The van der Waals surface area contributed by atoms with Gasteiger partial charge in [0, 0.05) is 6.42 Å². The van der Waals surface area contributed by atoms with Crippen LogP contribution < -0.4 is 0 Å². The summed E-state index contributed by atoms with van der Waals surface area (Å²) in [5, 5.41) is 8.55.